The molecule has 5 heteroatoms. The summed E-state index contributed by atoms with van der Waals surface area (Å²) >= 11 is 0. The molecule has 0 bridgehead atoms. The molecule has 0 aliphatic carbocycles. The lowest BCUT2D eigenvalue weighted by Crippen LogP contribution is -2.13. The Morgan fingerprint density at radius 1 is 1.00 bits per heavy atom. The Hall–Kier alpha value is -2.95. The van der Waals surface area contributed by atoms with E-state index in [1.807, 2.05) is 36.4 Å². The van der Waals surface area contributed by atoms with E-state index in [9.17, 15) is 4.79 Å². The predicted octanol–water partition coefficient (Wildman–Crippen LogP) is 3.82. The summed E-state index contributed by atoms with van der Waals surface area (Å²) in [6.07, 6.45) is 3.09. The normalized spacial score (nSPS) is 11.3. The highest BCUT2D eigenvalue weighted by Gasteiger charge is 2.13. The van der Waals surface area contributed by atoms with Crippen molar-refractivity contribution >= 4 is 11.6 Å². The van der Waals surface area contributed by atoms with Crippen LogP contribution in [0.25, 0.3) is 5.69 Å². The maximum absolute atomic E-state index is 12.3. The number of carbonyl (C=O) groups is 1. The van der Waals surface area contributed by atoms with Crippen LogP contribution in [-0.2, 0) is 5.41 Å². The average Bonchev–Trinajstić information content (AvgIpc) is 3.09. The number of carbonyl (C=O) groups excluding carboxylic acids is 1. The summed E-state index contributed by atoms with van der Waals surface area (Å²) in [5.74, 6) is -0.136. The Kier molecular flexibility index (Phi) is 4.16. The van der Waals surface area contributed by atoms with Crippen molar-refractivity contribution in [2.75, 3.05) is 5.32 Å². The van der Waals surface area contributed by atoms with Crippen LogP contribution < -0.4 is 5.32 Å². The van der Waals surface area contributed by atoms with Gasteiger partial charge in [0, 0.05) is 11.3 Å². The third-order valence-electron chi connectivity index (χ3n) is 3.82. The molecule has 1 heterocycles. The first-order valence-electron chi connectivity index (χ1n) is 7.80. The molecule has 0 unspecified atom stereocenters. The van der Waals surface area contributed by atoms with E-state index in [2.05, 4.69) is 36.2 Å². The summed E-state index contributed by atoms with van der Waals surface area (Å²) < 4.78 is 1.65. The third kappa shape index (κ3) is 3.51. The van der Waals surface area contributed by atoms with Crippen molar-refractivity contribution in [3.63, 3.8) is 0 Å². The Morgan fingerprint density at radius 2 is 1.67 bits per heavy atom. The van der Waals surface area contributed by atoms with Crippen LogP contribution in [0.1, 0.15) is 36.7 Å². The van der Waals surface area contributed by atoms with Gasteiger partial charge in [0.1, 0.15) is 12.7 Å². The first-order chi connectivity index (χ1) is 11.4. The molecule has 122 valence electrons. The van der Waals surface area contributed by atoms with Gasteiger partial charge in [-0.25, -0.2) is 9.67 Å². The molecular formula is C19H20N4O. The van der Waals surface area contributed by atoms with Crippen LogP contribution in [0.3, 0.4) is 0 Å². The summed E-state index contributed by atoms with van der Waals surface area (Å²) in [4.78, 5) is 16.3. The molecule has 0 atom stereocenters. The Morgan fingerprint density at radius 3 is 2.21 bits per heavy atom. The molecule has 3 aromatic rings. The molecule has 0 saturated carbocycles. The van der Waals surface area contributed by atoms with Gasteiger partial charge in [0.05, 0.1) is 5.69 Å². The zero-order valence-electron chi connectivity index (χ0n) is 14.0. The van der Waals surface area contributed by atoms with E-state index < -0.39 is 0 Å². The van der Waals surface area contributed by atoms with Gasteiger partial charge >= 0.3 is 0 Å². The van der Waals surface area contributed by atoms with Crippen molar-refractivity contribution in [2.45, 2.75) is 26.2 Å². The lowest BCUT2D eigenvalue weighted by Gasteiger charge is -2.19. The van der Waals surface area contributed by atoms with Crippen LogP contribution in [0, 0.1) is 0 Å². The summed E-state index contributed by atoms with van der Waals surface area (Å²) in [5.41, 5.74) is 3.57. The number of rotatable bonds is 3. The maximum Gasteiger partial charge on any atom is 0.255 e. The Labute approximate surface area is 141 Å². The van der Waals surface area contributed by atoms with E-state index in [-0.39, 0.29) is 11.3 Å². The van der Waals surface area contributed by atoms with Gasteiger partial charge in [0.2, 0.25) is 0 Å². The minimum atomic E-state index is -0.136. The number of amides is 1. The second-order valence-electron chi connectivity index (χ2n) is 6.67. The highest BCUT2D eigenvalue weighted by Crippen LogP contribution is 2.23. The number of nitrogens with zero attached hydrogens (tertiary/aromatic N) is 3. The first kappa shape index (κ1) is 15.9. The third-order valence-corrected chi connectivity index (χ3v) is 3.82. The van der Waals surface area contributed by atoms with Crippen molar-refractivity contribution < 1.29 is 4.79 Å². The van der Waals surface area contributed by atoms with Gasteiger partial charge in [-0.1, -0.05) is 32.9 Å². The standard InChI is InChI=1S/C19H20N4O/c1-19(2,3)15-6-8-16(9-7-15)22-18(24)14-4-10-17(11-5-14)23-13-20-12-21-23/h4-13H,1-3H3,(H,22,24). The van der Waals surface area contributed by atoms with Crippen molar-refractivity contribution in [1.82, 2.24) is 14.8 Å². The van der Waals surface area contributed by atoms with Crippen molar-refractivity contribution in [2.24, 2.45) is 0 Å². The number of aromatic nitrogens is 3. The van der Waals surface area contributed by atoms with Crippen molar-refractivity contribution in [1.29, 1.82) is 0 Å². The monoisotopic (exact) mass is 320 g/mol. The summed E-state index contributed by atoms with van der Waals surface area (Å²) in [7, 11) is 0. The fraction of sp³-hybridized carbons (Fsp3) is 0.211. The van der Waals surface area contributed by atoms with E-state index in [0.29, 0.717) is 5.56 Å². The summed E-state index contributed by atoms with van der Waals surface area (Å²) in [5, 5.41) is 6.98. The van der Waals surface area contributed by atoms with E-state index in [0.717, 1.165) is 11.4 Å². The molecule has 0 saturated heterocycles. The van der Waals surface area contributed by atoms with Crippen LogP contribution in [0.4, 0.5) is 5.69 Å². The van der Waals surface area contributed by atoms with Crippen molar-refractivity contribution in [3.8, 4) is 5.69 Å². The topological polar surface area (TPSA) is 59.8 Å². The van der Waals surface area contributed by atoms with E-state index in [4.69, 9.17) is 0 Å². The molecule has 2 aromatic carbocycles. The second-order valence-corrected chi connectivity index (χ2v) is 6.67. The largest absolute Gasteiger partial charge is 0.322 e. The minimum absolute atomic E-state index is 0.0970. The molecule has 0 aliphatic rings. The van der Waals surface area contributed by atoms with Gasteiger partial charge in [0.15, 0.2) is 0 Å². The lowest BCUT2D eigenvalue weighted by atomic mass is 9.87. The van der Waals surface area contributed by atoms with Crippen LogP contribution in [-0.4, -0.2) is 20.7 Å². The molecule has 1 amide bonds. The zero-order valence-corrected chi connectivity index (χ0v) is 14.0. The van der Waals surface area contributed by atoms with Crippen molar-refractivity contribution in [3.05, 3.63) is 72.3 Å². The van der Waals surface area contributed by atoms with Gasteiger partial charge < -0.3 is 5.32 Å². The number of hydrogen-bond donors (Lipinski definition) is 1. The maximum atomic E-state index is 12.3. The van der Waals surface area contributed by atoms with Crippen LogP contribution >= 0.6 is 0 Å². The predicted molar refractivity (Wildman–Crippen MR) is 94.5 cm³/mol. The van der Waals surface area contributed by atoms with Crippen LogP contribution in [0.2, 0.25) is 0 Å². The van der Waals surface area contributed by atoms with Gasteiger partial charge in [-0.15, -0.1) is 0 Å². The van der Waals surface area contributed by atoms with E-state index in [1.165, 1.54) is 11.9 Å². The van der Waals surface area contributed by atoms with Crippen LogP contribution in [0.15, 0.2) is 61.2 Å². The van der Waals surface area contributed by atoms with Gasteiger partial charge in [-0.05, 0) is 47.4 Å². The SMILES string of the molecule is CC(C)(C)c1ccc(NC(=O)c2ccc(-n3cncn3)cc2)cc1. The number of nitrogens with one attached hydrogen (secondary N) is 1. The molecule has 1 N–H and O–H groups in total. The van der Waals surface area contributed by atoms with Gasteiger partial charge in [0.25, 0.3) is 5.91 Å². The molecule has 1 aromatic heterocycles. The number of benzene rings is 2. The Balaban J connectivity index is 1.71. The zero-order chi connectivity index (χ0) is 17.2. The second kappa shape index (κ2) is 6.28. The molecule has 0 aliphatic heterocycles. The minimum Gasteiger partial charge on any atom is -0.322 e. The molecule has 24 heavy (non-hydrogen) atoms. The van der Waals surface area contributed by atoms with Gasteiger partial charge in [-0.2, -0.15) is 5.10 Å². The Bertz CT molecular complexity index is 813. The number of hydrogen-bond acceptors (Lipinski definition) is 3. The highest BCUT2D eigenvalue weighted by molar-refractivity contribution is 6.04. The molecule has 0 radical (unpaired) electrons. The average molecular weight is 320 g/mol. The van der Waals surface area contributed by atoms with Crippen LogP contribution in [0.5, 0.6) is 0 Å². The van der Waals surface area contributed by atoms with E-state index in [1.54, 1.807) is 23.1 Å². The summed E-state index contributed by atoms with van der Waals surface area (Å²) in [6, 6.07) is 15.2. The smallest absolute Gasteiger partial charge is 0.255 e. The molecular weight excluding hydrogens is 300 g/mol. The van der Waals surface area contributed by atoms with E-state index >= 15 is 0 Å². The lowest BCUT2D eigenvalue weighted by molar-refractivity contribution is 0.102. The molecule has 0 fully saturated rings. The molecule has 5 nitrogen and oxygen atoms in total. The summed E-state index contributed by atoms with van der Waals surface area (Å²) in [6.45, 7) is 6.49. The fourth-order valence-electron chi connectivity index (χ4n) is 2.36. The van der Waals surface area contributed by atoms with Gasteiger partial charge in [-0.3, -0.25) is 4.79 Å². The highest BCUT2D eigenvalue weighted by atomic mass is 16.1. The quantitative estimate of drug-likeness (QED) is 0.798. The number of anilines is 1. The molecule has 3 rings (SSSR count). The first-order valence-corrected chi connectivity index (χ1v) is 7.80. The molecule has 0 spiro atoms. The fourth-order valence-corrected chi connectivity index (χ4v) is 2.36.